The average molecular weight is 276 g/mol. The van der Waals surface area contributed by atoms with Crippen LogP contribution in [-0.4, -0.2) is 53.4 Å². The molecule has 0 bridgehead atoms. The zero-order chi connectivity index (χ0) is 14.7. The SMILES string of the molecule is CCN1CCC(N(C)C(=O)c2cnc(C)cc2N)CC1. The second-order valence-electron chi connectivity index (χ2n) is 5.49. The van der Waals surface area contributed by atoms with E-state index in [4.69, 9.17) is 5.73 Å². The molecule has 5 nitrogen and oxygen atoms in total. The molecule has 1 amide bonds. The number of amides is 1. The number of hydrogen-bond acceptors (Lipinski definition) is 4. The van der Waals surface area contributed by atoms with E-state index in [-0.39, 0.29) is 5.91 Å². The summed E-state index contributed by atoms with van der Waals surface area (Å²) in [5, 5.41) is 0. The van der Waals surface area contributed by atoms with Gasteiger partial charge in [-0.3, -0.25) is 9.78 Å². The summed E-state index contributed by atoms with van der Waals surface area (Å²) in [5.74, 6) is -0.0232. The van der Waals surface area contributed by atoms with Gasteiger partial charge in [0.15, 0.2) is 0 Å². The van der Waals surface area contributed by atoms with Crippen LogP contribution >= 0.6 is 0 Å². The number of carbonyl (C=O) groups is 1. The maximum Gasteiger partial charge on any atom is 0.257 e. The van der Waals surface area contributed by atoms with Crippen molar-refractivity contribution in [2.24, 2.45) is 0 Å². The van der Waals surface area contributed by atoms with Gasteiger partial charge in [-0.05, 0) is 32.4 Å². The summed E-state index contributed by atoms with van der Waals surface area (Å²) in [6, 6.07) is 2.05. The van der Waals surface area contributed by atoms with Crippen molar-refractivity contribution in [1.29, 1.82) is 0 Å². The molecule has 5 heteroatoms. The molecule has 1 fully saturated rings. The number of aromatic nitrogens is 1. The first-order valence-electron chi connectivity index (χ1n) is 7.24. The minimum atomic E-state index is -0.0232. The van der Waals surface area contributed by atoms with E-state index in [1.54, 1.807) is 12.3 Å². The number of rotatable bonds is 3. The Morgan fingerprint density at radius 3 is 2.70 bits per heavy atom. The third-order valence-corrected chi connectivity index (χ3v) is 4.18. The van der Waals surface area contributed by atoms with Gasteiger partial charge < -0.3 is 15.5 Å². The quantitative estimate of drug-likeness (QED) is 0.909. The largest absolute Gasteiger partial charge is 0.398 e. The van der Waals surface area contributed by atoms with Crippen molar-refractivity contribution in [3.05, 3.63) is 23.5 Å². The third-order valence-electron chi connectivity index (χ3n) is 4.18. The fourth-order valence-corrected chi connectivity index (χ4v) is 2.74. The van der Waals surface area contributed by atoms with Crippen molar-refractivity contribution in [2.45, 2.75) is 32.7 Å². The van der Waals surface area contributed by atoms with Crippen LogP contribution in [-0.2, 0) is 0 Å². The van der Waals surface area contributed by atoms with E-state index in [1.807, 2.05) is 18.9 Å². The summed E-state index contributed by atoms with van der Waals surface area (Å²) in [6.07, 6.45) is 3.63. The number of nitrogens with two attached hydrogens (primary N) is 1. The molecule has 2 N–H and O–H groups in total. The molecule has 1 aromatic rings. The number of aryl methyl sites for hydroxylation is 1. The third kappa shape index (κ3) is 3.10. The monoisotopic (exact) mass is 276 g/mol. The molecule has 2 rings (SSSR count). The van der Waals surface area contributed by atoms with Gasteiger partial charge in [0.2, 0.25) is 0 Å². The van der Waals surface area contributed by atoms with E-state index in [2.05, 4.69) is 16.8 Å². The molecule has 0 saturated carbocycles. The van der Waals surface area contributed by atoms with E-state index >= 15 is 0 Å². The second kappa shape index (κ2) is 6.22. The van der Waals surface area contributed by atoms with Crippen molar-refractivity contribution < 1.29 is 4.79 Å². The van der Waals surface area contributed by atoms with E-state index < -0.39 is 0 Å². The van der Waals surface area contributed by atoms with Gasteiger partial charge in [0, 0.05) is 43.8 Å². The zero-order valence-electron chi connectivity index (χ0n) is 12.6. The number of hydrogen-bond donors (Lipinski definition) is 1. The van der Waals surface area contributed by atoms with Crippen LogP contribution in [0.25, 0.3) is 0 Å². The molecule has 0 spiro atoms. The minimum Gasteiger partial charge on any atom is -0.398 e. The van der Waals surface area contributed by atoms with E-state index in [0.29, 0.717) is 17.3 Å². The molecule has 20 heavy (non-hydrogen) atoms. The van der Waals surface area contributed by atoms with Crippen LogP contribution in [0.2, 0.25) is 0 Å². The summed E-state index contributed by atoms with van der Waals surface area (Å²) in [7, 11) is 1.87. The molecular weight excluding hydrogens is 252 g/mol. The van der Waals surface area contributed by atoms with Crippen LogP contribution < -0.4 is 5.73 Å². The molecule has 0 aromatic carbocycles. The van der Waals surface area contributed by atoms with Crippen molar-refractivity contribution in [2.75, 3.05) is 32.4 Å². The lowest BCUT2D eigenvalue weighted by Gasteiger charge is -2.36. The molecule has 0 radical (unpaired) electrons. The molecular formula is C15H24N4O. The average Bonchev–Trinajstić information content (AvgIpc) is 2.46. The van der Waals surface area contributed by atoms with Gasteiger partial charge in [0.05, 0.1) is 5.56 Å². The predicted octanol–water partition coefficient (Wildman–Crippen LogP) is 1.53. The number of carbonyl (C=O) groups excluding carboxylic acids is 1. The lowest BCUT2D eigenvalue weighted by Crippen LogP contribution is -2.45. The van der Waals surface area contributed by atoms with Crippen molar-refractivity contribution in [1.82, 2.24) is 14.8 Å². The topological polar surface area (TPSA) is 62.5 Å². The molecule has 0 aliphatic carbocycles. The number of pyridine rings is 1. The Kier molecular flexibility index (Phi) is 4.60. The van der Waals surface area contributed by atoms with E-state index in [9.17, 15) is 4.79 Å². The molecule has 110 valence electrons. The first-order valence-corrected chi connectivity index (χ1v) is 7.24. The number of likely N-dealkylation sites (tertiary alicyclic amines) is 1. The van der Waals surface area contributed by atoms with Crippen LogP contribution in [0.15, 0.2) is 12.3 Å². The highest BCUT2D eigenvalue weighted by molar-refractivity contribution is 5.98. The summed E-state index contributed by atoms with van der Waals surface area (Å²) in [5.41, 5.74) is 7.79. The van der Waals surface area contributed by atoms with Crippen LogP contribution in [0.4, 0.5) is 5.69 Å². The predicted molar refractivity (Wildman–Crippen MR) is 80.6 cm³/mol. The highest BCUT2D eigenvalue weighted by Crippen LogP contribution is 2.20. The van der Waals surface area contributed by atoms with Gasteiger partial charge in [0.25, 0.3) is 5.91 Å². The second-order valence-corrected chi connectivity index (χ2v) is 5.49. The molecule has 1 saturated heterocycles. The van der Waals surface area contributed by atoms with Crippen LogP contribution in [0.1, 0.15) is 35.8 Å². The van der Waals surface area contributed by atoms with Gasteiger partial charge in [-0.25, -0.2) is 0 Å². The van der Waals surface area contributed by atoms with Gasteiger partial charge >= 0.3 is 0 Å². The van der Waals surface area contributed by atoms with Gasteiger partial charge in [-0.1, -0.05) is 6.92 Å². The normalized spacial score (nSPS) is 17.1. The Morgan fingerprint density at radius 2 is 2.15 bits per heavy atom. The Hall–Kier alpha value is -1.62. The summed E-state index contributed by atoms with van der Waals surface area (Å²) in [6.45, 7) is 7.24. The summed E-state index contributed by atoms with van der Waals surface area (Å²) >= 11 is 0. The van der Waals surface area contributed by atoms with Crippen molar-refractivity contribution in [3.63, 3.8) is 0 Å². The first kappa shape index (κ1) is 14.8. The Morgan fingerprint density at radius 1 is 1.50 bits per heavy atom. The highest BCUT2D eigenvalue weighted by atomic mass is 16.2. The van der Waals surface area contributed by atoms with Crippen LogP contribution in [0.3, 0.4) is 0 Å². The smallest absolute Gasteiger partial charge is 0.257 e. The Balaban J connectivity index is 2.05. The molecule has 1 aliphatic rings. The lowest BCUT2D eigenvalue weighted by atomic mass is 10.0. The van der Waals surface area contributed by atoms with Gasteiger partial charge in [-0.15, -0.1) is 0 Å². The summed E-state index contributed by atoms with van der Waals surface area (Å²) in [4.78, 5) is 20.9. The fraction of sp³-hybridized carbons (Fsp3) is 0.600. The standard InChI is InChI=1S/C15H24N4O/c1-4-19-7-5-12(6-8-19)18(3)15(20)13-10-17-11(2)9-14(13)16/h9-10,12H,4-8H2,1-3H3,(H2,16,17). The first-order chi connectivity index (χ1) is 9.52. The number of nitrogen functional groups attached to an aromatic ring is 1. The lowest BCUT2D eigenvalue weighted by molar-refractivity contribution is 0.0647. The Bertz CT molecular complexity index is 481. The maximum atomic E-state index is 12.5. The molecule has 0 unspecified atom stereocenters. The number of nitrogens with zero attached hydrogens (tertiary/aromatic N) is 3. The molecule has 2 heterocycles. The molecule has 1 aliphatic heterocycles. The zero-order valence-corrected chi connectivity index (χ0v) is 12.6. The Labute approximate surface area is 120 Å². The maximum absolute atomic E-state index is 12.5. The van der Waals surface area contributed by atoms with Gasteiger partial charge in [-0.2, -0.15) is 0 Å². The van der Waals surface area contributed by atoms with Crippen molar-refractivity contribution >= 4 is 11.6 Å². The molecule has 1 aromatic heterocycles. The summed E-state index contributed by atoms with van der Waals surface area (Å²) < 4.78 is 0. The van der Waals surface area contributed by atoms with Crippen molar-refractivity contribution in [3.8, 4) is 0 Å². The number of anilines is 1. The van der Waals surface area contributed by atoms with E-state index in [0.717, 1.165) is 38.2 Å². The van der Waals surface area contributed by atoms with Crippen LogP contribution in [0, 0.1) is 6.92 Å². The minimum absolute atomic E-state index is 0.0232. The van der Waals surface area contributed by atoms with Gasteiger partial charge in [0.1, 0.15) is 0 Å². The number of piperidine rings is 1. The molecule has 0 atom stereocenters. The fourth-order valence-electron chi connectivity index (χ4n) is 2.74. The highest BCUT2D eigenvalue weighted by Gasteiger charge is 2.26. The van der Waals surface area contributed by atoms with E-state index in [1.165, 1.54) is 0 Å². The van der Waals surface area contributed by atoms with Crippen LogP contribution in [0.5, 0.6) is 0 Å².